The highest BCUT2D eigenvalue weighted by molar-refractivity contribution is 5.72. The molecule has 2 rings (SSSR count). The van der Waals surface area contributed by atoms with Crippen molar-refractivity contribution in [3.8, 4) is 11.1 Å². The Labute approximate surface area is 97.9 Å². The Balaban J connectivity index is 2.66. The summed E-state index contributed by atoms with van der Waals surface area (Å²) in [6, 6.07) is 13.0. The maximum Gasteiger partial charge on any atom is -0.0149 e. The summed E-state index contributed by atoms with van der Waals surface area (Å²) in [7, 11) is 0. The van der Waals surface area contributed by atoms with Crippen molar-refractivity contribution in [2.24, 2.45) is 0 Å². The van der Waals surface area contributed by atoms with Crippen molar-refractivity contribution >= 4 is 0 Å². The Morgan fingerprint density at radius 3 is 1.94 bits per heavy atom. The van der Waals surface area contributed by atoms with Gasteiger partial charge in [0.15, 0.2) is 0 Å². The topological polar surface area (TPSA) is 0 Å². The molecule has 0 aliphatic carbocycles. The molecule has 0 heteroatoms. The van der Waals surface area contributed by atoms with Crippen LogP contribution < -0.4 is 0 Å². The number of benzene rings is 2. The predicted octanol–water partition coefficient (Wildman–Crippen LogP) is 4.59. The van der Waals surface area contributed by atoms with E-state index >= 15 is 0 Å². The molecule has 16 heavy (non-hydrogen) atoms. The van der Waals surface area contributed by atoms with Crippen LogP contribution >= 0.6 is 0 Å². The summed E-state index contributed by atoms with van der Waals surface area (Å²) >= 11 is 0. The fraction of sp³-hybridized carbons (Fsp3) is 0.250. The number of aryl methyl sites for hydroxylation is 2. The van der Waals surface area contributed by atoms with Gasteiger partial charge < -0.3 is 0 Å². The SMILES string of the molecule is Cc1ccccc1-c1ccc(C)c(C)c1C. The summed E-state index contributed by atoms with van der Waals surface area (Å²) in [6.07, 6.45) is 0. The first-order valence-corrected chi connectivity index (χ1v) is 5.74. The molecule has 0 saturated carbocycles. The molecule has 2 aromatic carbocycles. The number of hydrogen-bond donors (Lipinski definition) is 0. The van der Waals surface area contributed by atoms with Gasteiger partial charge in [0.05, 0.1) is 0 Å². The Hall–Kier alpha value is -1.56. The lowest BCUT2D eigenvalue weighted by molar-refractivity contribution is 1.26. The van der Waals surface area contributed by atoms with Gasteiger partial charge in [-0.25, -0.2) is 0 Å². The molecule has 0 N–H and O–H groups in total. The Bertz CT molecular complexity index is 522. The van der Waals surface area contributed by atoms with Gasteiger partial charge in [0.2, 0.25) is 0 Å². The van der Waals surface area contributed by atoms with Crippen LogP contribution in [0.15, 0.2) is 36.4 Å². The fourth-order valence-corrected chi connectivity index (χ4v) is 2.12. The van der Waals surface area contributed by atoms with E-state index in [2.05, 4.69) is 64.1 Å². The standard InChI is InChI=1S/C16H18/c1-11-9-10-16(14(4)13(11)3)15-8-6-5-7-12(15)2/h5-10H,1-4H3. The highest BCUT2D eigenvalue weighted by Crippen LogP contribution is 2.29. The summed E-state index contributed by atoms with van der Waals surface area (Å²) in [5, 5.41) is 0. The molecule has 0 fully saturated rings. The molecule has 0 nitrogen and oxygen atoms in total. The molecule has 0 amide bonds. The second-order valence-corrected chi connectivity index (χ2v) is 4.49. The lowest BCUT2D eigenvalue weighted by atomic mass is 9.92. The van der Waals surface area contributed by atoms with Crippen LogP contribution in [0.1, 0.15) is 22.3 Å². The van der Waals surface area contributed by atoms with E-state index in [0.717, 1.165) is 0 Å². The maximum atomic E-state index is 2.24. The number of rotatable bonds is 1. The molecule has 0 aromatic heterocycles. The van der Waals surface area contributed by atoms with Gasteiger partial charge in [-0.05, 0) is 61.1 Å². The van der Waals surface area contributed by atoms with E-state index in [9.17, 15) is 0 Å². The average Bonchev–Trinajstić information content (AvgIpc) is 2.28. The smallest absolute Gasteiger partial charge is 0.0149 e. The highest BCUT2D eigenvalue weighted by atomic mass is 14.1. The maximum absolute atomic E-state index is 2.24. The second kappa shape index (κ2) is 4.13. The van der Waals surface area contributed by atoms with Gasteiger partial charge in [0, 0.05) is 0 Å². The van der Waals surface area contributed by atoms with Gasteiger partial charge in [-0.2, -0.15) is 0 Å². The molecule has 0 radical (unpaired) electrons. The van der Waals surface area contributed by atoms with Crippen LogP contribution in [0.5, 0.6) is 0 Å². The zero-order valence-electron chi connectivity index (χ0n) is 10.5. The summed E-state index contributed by atoms with van der Waals surface area (Å²) in [4.78, 5) is 0. The fourth-order valence-electron chi connectivity index (χ4n) is 2.12. The first kappa shape index (κ1) is 10.9. The normalized spacial score (nSPS) is 10.5. The average molecular weight is 210 g/mol. The van der Waals surface area contributed by atoms with E-state index in [1.807, 2.05) is 0 Å². The molecular weight excluding hydrogens is 192 g/mol. The molecule has 0 unspecified atom stereocenters. The van der Waals surface area contributed by atoms with Crippen molar-refractivity contribution < 1.29 is 0 Å². The third-order valence-electron chi connectivity index (χ3n) is 3.49. The van der Waals surface area contributed by atoms with E-state index in [1.165, 1.54) is 33.4 Å². The quantitative estimate of drug-likeness (QED) is 0.646. The van der Waals surface area contributed by atoms with Gasteiger partial charge >= 0.3 is 0 Å². The van der Waals surface area contributed by atoms with Crippen molar-refractivity contribution in [2.75, 3.05) is 0 Å². The van der Waals surface area contributed by atoms with Crippen LogP contribution in [0.3, 0.4) is 0 Å². The zero-order chi connectivity index (χ0) is 11.7. The van der Waals surface area contributed by atoms with Crippen LogP contribution in [0.2, 0.25) is 0 Å². The Morgan fingerprint density at radius 1 is 0.562 bits per heavy atom. The molecule has 0 aliphatic heterocycles. The largest absolute Gasteiger partial charge is 0.0620 e. The minimum Gasteiger partial charge on any atom is -0.0620 e. The lowest BCUT2D eigenvalue weighted by Crippen LogP contribution is -1.92. The molecule has 82 valence electrons. The van der Waals surface area contributed by atoms with Crippen molar-refractivity contribution in [1.82, 2.24) is 0 Å². The third-order valence-corrected chi connectivity index (χ3v) is 3.49. The van der Waals surface area contributed by atoms with Crippen molar-refractivity contribution in [2.45, 2.75) is 27.7 Å². The van der Waals surface area contributed by atoms with Crippen molar-refractivity contribution in [3.63, 3.8) is 0 Å². The van der Waals surface area contributed by atoms with E-state index in [-0.39, 0.29) is 0 Å². The first-order valence-electron chi connectivity index (χ1n) is 5.74. The summed E-state index contributed by atoms with van der Waals surface area (Å²) < 4.78 is 0. The van der Waals surface area contributed by atoms with Crippen LogP contribution in [-0.2, 0) is 0 Å². The van der Waals surface area contributed by atoms with Crippen molar-refractivity contribution in [1.29, 1.82) is 0 Å². The molecule has 0 saturated heterocycles. The van der Waals surface area contributed by atoms with E-state index in [0.29, 0.717) is 0 Å². The Kier molecular flexibility index (Phi) is 2.82. The van der Waals surface area contributed by atoms with Gasteiger partial charge in [-0.3, -0.25) is 0 Å². The molecule has 0 bridgehead atoms. The lowest BCUT2D eigenvalue weighted by Gasteiger charge is -2.13. The molecule has 0 heterocycles. The van der Waals surface area contributed by atoms with E-state index in [4.69, 9.17) is 0 Å². The van der Waals surface area contributed by atoms with Crippen LogP contribution in [-0.4, -0.2) is 0 Å². The van der Waals surface area contributed by atoms with Gasteiger partial charge in [-0.1, -0.05) is 36.4 Å². The van der Waals surface area contributed by atoms with Crippen LogP contribution in [0.4, 0.5) is 0 Å². The highest BCUT2D eigenvalue weighted by Gasteiger charge is 2.07. The monoisotopic (exact) mass is 210 g/mol. The van der Waals surface area contributed by atoms with Gasteiger partial charge in [-0.15, -0.1) is 0 Å². The van der Waals surface area contributed by atoms with E-state index in [1.54, 1.807) is 0 Å². The van der Waals surface area contributed by atoms with Gasteiger partial charge in [0.25, 0.3) is 0 Å². The molecule has 0 atom stereocenters. The molecule has 2 aromatic rings. The van der Waals surface area contributed by atoms with Crippen molar-refractivity contribution in [3.05, 3.63) is 58.7 Å². The number of hydrogen-bond acceptors (Lipinski definition) is 0. The van der Waals surface area contributed by atoms with Crippen LogP contribution in [0.25, 0.3) is 11.1 Å². The molecule has 0 aliphatic rings. The molecule has 0 spiro atoms. The summed E-state index contributed by atoms with van der Waals surface area (Å²) in [5.74, 6) is 0. The minimum absolute atomic E-state index is 1.34. The Morgan fingerprint density at radius 2 is 1.25 bits per heavy atom. The second-order valence-electron chi connectivity index (χ2n) is 4.49. The summed E-state index contributed by atoms with van der Waals surface area (Å²) in [5.41, 5.74) is 8.23. The molecular formula is C16H18. The minimum atomic E-state index is 1.34. The first-order chi connectivity index (χ1) is 7.61. The predicted molar refractivity (Wildman–Crippen MR) is 70.8 cm³/mol. The summed E-state index contributed by atoms with van der Waals surface area (Å²) in [6.45, 7) is 8.75. The van der Waals surface area contributed by atoms with Gasteiger partial charge in [0.1, 0.15) is 0 Å². The zero-order valence-corrected chi connectivity index (χ0v) is 10.5. The third kappa shape index (κ3) is 1.76. The van der Waals surface area contributed by atoms with Crippen LogP contribution in [0, 0.1) is 27.7 Å². The van der Waals surface area contributed by atoms with E-state index < -0.39 is 0 Å².